The van der Waals surface area contributed by atoms with Gasteiger partial charge < -0.3 is 10.1 Å². The zero-order valence-corrected chi connectivity index (χ0v) is 17.5. The van der Waals surface area contributed by atoms with Gasteiger partial charge in [-0.05, 0) is 88.0 Å². The van der Waals surface area contributed by atoms with E-state index in [9.17, 15) is 14.4 Å². The van der Waals surface area contributed by atoms with Crippen molar-refractivity contribution < 1.29 is 19.1 Å². The molecule has 1 heterocycles. The highest BCUT2D eigenvalue weighted by Gasteiger charge is 2.61. The molecule has 3 amide bonds. The zero-order chi connectivity index (χ0) is 20.8. The Hall–Kier alpha value is -2.37. The average Bonchev–Trinajstić information content (AvgIpc) is 3.44. The number of carbonyl (C=O) groups excluding carboxylic acids is 3. The van der Waals surface area contributed by atoms with E-state index in [1.807, 2.05) is 31.2 Å². The molecule has 3 aliphatic carbocycles. The third kappa shape index (κ3) is 3.21. The number of fused-ring (bicyclic) bond motifs is 5. The average molecular weight is 411 g/mol. The van der Waals surface area contributed by atoms with Crippen LogP contribution in [0, 0.1) is 29.6 Å². The lowest BCUT2D eigenvalue weighted by molar-refractivity contribution is -0.144. The summed E-state index contributed by atoms with van der Waals surface area (Å²) in [6.45, 7) is 2.55. The van der Waals surface area contributed by atoms with E-state index in [0.29, 0.717) is 31.3 Å². The minimum Gasteiger partial charge on any atom is -0.494 e. The fraction of sp³-hybridized carbons (Fsp3) is 0.625. The van der Waals surface area contributed by atoms with Gasteiger partial charge in [0.05, 0.1) is 18.4 Å². The van der Waals surface area contributed by atoms with Gasteiger partial charge in [0.15, 0.2) is 0 Å². The van der Waals surface area contributed by atoms with Gasteiger partial charge in [-0.1, -0.05) is 0 Å². The molecule has 30 heavy (non-hydrogen) atoms. The summed E-state index contributed by atoms with van der Waals surface area (Å²) in [6.07, 6.45) is 6.17. The first-order chi connectivity index (χ1) is 14.6. The van der Waals surface area contributed by atoms with Crippen molar-refractivity contribution in [2.45, 2.75) is 57.9 Å². The van der Waals surface area contributed by atoms with Gasteiger partial charge in [-0.25, -0.2) is 0 Å². The second-order valence-corrected chi connectivity index (χ2v) is 9.38. The van der Waals surface area contributed by atoms with E-state index in [0.717, 1.165) is 43.5 Å². The van der Waals surface area contributed by atoms with E-state index in [4.69, 9.17) is 4.74 Å². The molecular weight excluding hydrogens is 380 g/mol. The molecule has 6 heteroatoms. The number of likely N-dealkylation sites (tertiary alicyclic amines) is 1. The van der Waals surface area contributed by atoms with Gasteiger partial charge in [-0.3, -0.25) is 19.3 Å². The van der Waals surface area contributed by atoms with Gasteiger partial charge in [-0.2, -0.15) is 0 Å². The Labute approximate surface area is 177 Å². The van der Waals surface area contributed by atoms with Crippen molar-refractivity contribution in [1.29, 1.82) is 0 Å². The molecule has 1 aromatic rings. The van der Waals surface area contributed by atoms with Crippen molar-refractivity contribution in [3.05, 3.63) is 24.3 Å². The van der Waals surface area contributed by atoms with Crippen molar-refractivity contribution in [2.24, 2.45) is 29.6 Å². The van der Waals surface area contributed by atoms with E-state index < -0.39 is 0 Å². The normalized spacial score (nSPS) is 34.9. The van der Waals surface area contributed by atoms with Gasteiger partial charge in [0, 0.05) is 17.6 Å². The number of rotatable bonds is 5. The Morgan fingerprint density at radius 1 is 0.967 bits per heavy atom. The van der Waals surface area contributed by atoms with E-state index >= 15 is 0 Å². The van der Waals surface area contributed by atoms with Crippen LogP contribution < -0.4 is 10.1 Å². The number of hydrogen-bond acceptors (Lipinski definition) is 4. The van der Waals surface area contributed by atoms with Crippen LogP contribution >= 0.6 is 0 Å². The van der Waals surface area contributed by atoms with Crippen LogP contribution in [0.4, 0.5) is 5.69 Å². The molecule has 1 N–H and O–H groups in total. The molecule has 4 aliphatic rings. The van der Waals surface area contributed by atoms with Gasteiger partial charge in [0.2, 0.25) is 17.7 Å². The number of hydrogen-bond donors (Lipinski definition) is 1. The molecular formula is C24H30N2O4. The van der Waals surface area contributed by atoms with Gasteiger partial charge in [-0.15, -0.1) is 0 Å². The Kier molecular flexibility index (Phi) is 5.03. The maximum atomic E-state index is 13.0. The van der Waals surface area contributed by atoms with Crippen LogP contribution in [0.1, 0.15) is 51.9 Å². The van der Waals surface area contributed by atoms with Gasteiger partial charge >= 0.3 is 0 Å². The fourth-order valence-electron chi connectivity index (χ4n) is 6.43. The molecule has 5 rings (SSSR count). The predicted octanol–water partition coefficient (Wildman–Crippen LogP) is 3.61. The summed E-state index contributed by atoms with van der Waals surface area (Å²) >= 11 is 0. The molecule has 6 nitrogen and oxygen atoms in total. The molecule has 1 aromatic carbocycles. The minimum atomic E-state index is -0.0729. The van der Waals surface area contributed by atoms with Crippen molar-refractivity contribution in [3.8, 4) is 5.75 Å². The highest BCUT2D eigenvalue weighted by atomic mass is 16.5. The summed E-state index contributed by atoms with van der Waals surface area (Å²) in [4.78, 5) is 40.4. The number of carbonyl (C=O) groups is 3. The monoisotopic (exact) mass is 410 g/mol. The Morgan fingerprint density at radius 3 is 2.13 bits per heavy atom. The highest BCUT2D eigenvalue weighted by Crippen LogP contribution is 2.56. The summed E-state index contributed by atoms with van der Waals surface area (Å²) in [5.41, 5.74) is 0.763. The lowest BCUT2D eigenvalue weighted by Gasteiger charge is -2.33. The van der Waals surface area contributed by atoms with Crippen LogP contribution in [0.15, 0.2) is 24.3 Å². The first-order valence-electron chi connectivity index (χ1n) is 11.5. The van der Waals surface area contributed by atoms with E-state index in [1.54, 1.807) is 4.90 Å². The number of benzene rings is 1. The molecule has 4 atom stereocenters. The highest BCUT2D eigenvalue weighted by molar-refractivity contribution is 6.06. The molecule has 0 radical (unpaired) electrons. The number of ether oxygens (including phenoxy) is 1. The Balaban J connectivity index is 1.17. The molecule has 160 valence electrons. The van der Waals surface area contributed by atoms with Crippen molar-refractivity contribution >= 4 is 23.4 Å². The fourth-order valence-corrected chi connectivity index (χ4v) is 6.43. The summed E-state index contributed by atoms with van der Waals surface area (Å²) in [5.74, 6) is 1.67. The molecule has 0 unspecified atom stereocenters. The maximum absolute atomic E-state index is 13.0. The maximum Gasteiger partial charge on any atom is 0.233 e. The molecule has 1 aliphatic heterocycles. The van der Waals surface area contributed by atoms with Crippen LogP contribution in [0.3, 0.4) is 0 Å². The first kappa shape index (κ1) is 19.6. The Bertz CT molecular complexity index is 815. The first-order valence-corrected chi connectivity index (χ1v) is 11.5. The number of nitrogens with one attached hydrogen (secondary N) is 1. The molecule has 0 spiro atoms. The van der Waals surface area contributed by atoms with Crippen LogP contribution in [-0.4, -0.2) is 35.3 Å². The number of amides is 3. The molecule has 3 saturated carbocycles. The minimum absolute atomic E-state index is 0.0200. The third-order valence-electron chi connectivity index (χ3n) is 7.83. The zero-order valence-electron chi connectivity index (χ0n) is 17.5. The molecule has 0 aromatic heterocycles. The van der Waals surface area contributed by atoms with E-state index in [1.165, 1.54) is 0 Å². The summed E-state index contributed by atoms with van der Waals surface area (Å²) in [7, 11) is 0. The van der Waals surface area contributed by atoms with Crippen LogP contribution in [0.5, 0.6) is 5.75 Å². The van der Waals surface area contributed by atoms with Gasteiger partial charge in [0.1, 0.15) is 5.75 Å². The number of imide groups is 1. The Morgan fingerprint density at radius 2 is 1.57 bits per heavy atom. The largest absolute Gasteiger partial charge is 0.494 e. The van der Waals surface area contributed by atoms with Crippen LogP contribution in [0.25, 0.3) is 0 Å². The van der Waals surface area contributed by atoms with Crippen LogP contribution in [-0.2, 0) is 14.4 Å². The van der Waals surface area contributed by atoms with Crippen LogP contribution in [0.2, 0.25) is 0 Å². The van der Waals surface area contributed by atoms with Gasteiger partial charge in [0.25, 0.3) is 0 Å². The van der Waals surface area contributed by atoms with E-state index in [-0.39, 0.29) is 41.5 Å². The summed E-state index contributed by atoms with van der Waals surface area (Å²) in [5, 5.41) is 2.99. The summed E-state index contributed by atoms with van der Waals surface area (Å²) in [6, 6.07) is 7.38. The quantitative estimate of drug-likeness (QED) is 0.753. The van der Waals surface area contributed by atoms with E-state index in [2.05, 4.69) is 5.32 Å². The van der Waals surface area contributed by atoms with Crippen molar-refractivity contribution in [1.82, 2.24) is 4.90 Å². The van der Waals surface area contributed by atoms with Crippen molar-refractivity contribution in [2.75, 3.05) is 11.9 Å². The second kappa shape index (κ2) is 7.71. The lowest BCUT2D eigenvalue weighted by Crippen LogP contribution is -2.44. The standard InChI is InChI=1S/C24H30N2O4/c1-2-30-19-11-7-17(8-12-19)25-22(27)14-5-9-18(10-6-14)26-23(28)20-15-3-4-16(13-15)21(20)24(26)29/h7-8,11-12,14-16,18,20-21H,2-6,9-10,13H2,1H3,(H,25,27)/t14?,15-,16-,18?,20-,21+/m0/s1. The van der Waals surface area contributed by atoms with Crippen molar-refractivity contribution in [3.63, 3.8) is 0 Å². The lowest BCUT2D eigenvalue weighted by atomic mass is 9.81. The molecule has 4 fully saturated rings. The molecule has 1 saturated heterocycles. The topological polar surface area (TPSA) is 75.7 Å². The second-order valence-electron chi connectivity index (χ2n) is 9.38. The smallest absolute Gasteiger partial charge is 0.233 e. The number of anilines is 1. The molecule has 2 bridgehead atoms. The SMILES string of the molecule is CCOc1ccc(NC(=O)C2CCC(N3C(=O)[C@@H]4[C@H]5CC[C@@H](C5)[C@@H]4C3=O)CC2)cc1. The third-order valence-corrected chi connectivity index (χ3v) is 7.83. The predicted molar refractivity (Wildman–Crippen MR) is 112 cm³/mol. The summed E-state index contributed by atoms with van der Waals surface area (Å²) < 4.78 is 5.43. The number of nitrogens with zero attached hydrogens (tertiary/aromatic N) is 1.